The summed E-state index contributed by atoms with van der Waals surface area (Å²) >= 11 is 0. The number of rotatable bonds is 1. The van der Waals surface area contributed by atoms with Crippen molar-refractivity contribution in [2.75, 3.05) is 13.7 Å². The second-order valence-electron chi connectivity index (χ2n) is 4.41. The molecule has 1 aromatic carbocycles. The van der Waals surface area contributed by atoms with E-state index in [1.807, 2.05) is 6.92 Å². The number of carbonyl (C=O) groups excluding carboxylic acids is 1. The Morgan fingerprint density at radius 2 is 2.29 bits per heavy atom. The number of hydrogen-bond donors (Lipinski definition) is 0. The molecule has 2 heterocycles. The van der Waals surface area contributed by atoms with Crippen molar-refractivity contribution in [3.63, 3.8) is 0 Å². The van der Waals surface area contributed by atoms with E-state index in [2.05, 4.69) is 0 Å². The average molecular weight is 234 g/mol. The van der Waals surface area contributed by atoms with E-state index in [1.54, 1.807) is 13.2 Å². The van der Waals surface area contributed by atoms with Gasteiger partial charge in [0.15, 0.2) is 5.78 Å². The fourth-order valence-corrected chi connectivity index (χ4v) is 2.44. The van der Waals surface area contributed by atoms with Gasteiger partial charge in [-0.3, -0.25) is 4.79 Å². The largest absolute Gasteiger partial charge is 0.496 e. The summed E-state index contributed by atoms with van der Waals surface area (Å²) in [5.74, 6) is 2.09. The predicted molar refractivity (Wildman–Crippen MR) is 61.2 cm³/mol. The molecule has 4 heteroatoms. The van der Waals surface area contributed by atoms with Gasteiger partial charge in [-0.25, -0.2) is 0 Å². The first-order valence-electron chi connectivity index (χ1n) is 5.77. The number of ketones is 1. The Morgan fingerprint density at radius 3 is 3.06 bits per heavy atom. The molecule has 17 heavy (non-hydrogen) atoms. The molecule has 0 N–H and O–H groups in total. The number of methoxy groups -OCH3 is 1. The maximum Gasteiger partial charge on any atom is 0.174 e. The molecule has 1 aromatic rings. The van der Waals surface area contributed by atoms with E-state index in [9.17, 15) is 4.79 Å². The molecule has 0 spiro atoms. The lowest BCUT2D eigenvalue weighted by Gasteiger charge is -2.25. The van der Waals surface area contributed by atoms with E-state index in [-0.39, 0.29) is 11.9 Å². The minimum absolute atomic E-state index is 0.0770. The van der Waals surface area contributed by atoms with Crippen LogP contribution in [0.25, 0.3) is 0 Å². The van der Waals surface area contributed by atoms with Crippen molar-refractivity contribution in [2.45, 2.75) is 25.9 Å². The molecule has 0 amide bonds. The van der Waals surface area contributed by atoms with Crippen LogP contribution in [0.1, 0.15) is 29.3 Å². The van der Waals surface area contributed by atoms with Crippen molar-refractivity contribution in [3.05, 3.63) is 17.2 Å². The smallest absolute Gasteiger partial charge is 0.174 e. The number of Topliss-reactive ketones (excluding diaryl/α,β-unsaturated/α-hetero) is 1. The van der Waals surface area contributed by atoms with E-state index in [4.69, 9.17) is 14.2 Å². The van der Waals surface area contributed by atoms with E-state index in [0.717, 1.165) is 17.7 Å². The van der Waals surface area contributed by atoms with E-state index in [0.29, 0.717) is 30.1 Å². The normalized spacial score (nSPS) is 21.3. The Bertz CT molecular complexity index is 493. The predicted octanol–water partition coefficient (Wildman–Crippen LogP) is 1.98. The molecule has 2 aliphatic rings. The van der Waals surface area contributed by atoms with Crippen LogP contribution in [0.5, 0.6) is 17.2 Å². The third kappa shape index (κ3) is 1.47. The molecule has 4 nitrogen and oxygen atoms in total. The Balaban J connectivity index is 2.24. The number of carbonyl (C=O) groups is 1. The molecule has 0 saturated heterocycles. The van der Waals surface area contributed by atoms with Crippen LogP contribution in [0.3, 0.4) is 0 Å². The molecule has 0 aliphatic carbocycles. The summed E-state index contributed by atoms with van der Waals surface area (Å²) in [7, 11) is 1.56. The maximum absolute atomic E-state index is 12.1. The van der Waals surface area contributed by atoms with Crippen LogP contribution in [0.15, 0.2) is 6.07 Å². The lowest BCUT2D eigenvalue weighted by molar-refractivity contribution is 0.0864. The van der Waals surface area contributed by atoms with Gasteiger partial charge in [-0.15, -0.1) is 0 Å². The van der Waals surface area contributed by atoms with Crippen LogP contribution >= 0.6 is 0 Å². The summed E-state index contributed by atoms with van der Waals surface area (Å²) in [4.78, 5) is 12.1. The highest BCUT2D eigenvalue weighted by atomic mass is 16.5. The minimum atomic E-state index is -0.0770. The Hall–Kier alpha value is -1.71. The third-order valence-corrected chi connectivity index (χ3v) is 3.21. The van der Waals surface area contributed by atoms with Crippen LogP contribution in [0.2, 0.25) is 0 Å². The zero-order valence-electron chi connectivity index (χ0n) is 9.91. The number of benzene rings is 1. The second kappa shape index (κ2) is 3.65. The zero-order valence-corrected chi connectivity index (χ0v) is 9.91. The topological polar surface area (TPSA) is 44.8 Å². The van der Waals surface area contributed by atoms with E-state index >= 15 is 0 Å². The Labute approximate surface area is 99.5 Å². The first-order valence-corrected chi connectivity index (χ1v) is 5.77. The quantitative estimate of drug-likeness (QED) is 0.745. The van der Waals surface area contributed by atoms with Crippen LogP contribution in [-0.4, -0.2) is 25.6 Å². The van der Waals surface area contributed by atoms with Crippen molar-refractivity contribution in [1.29, 1.82) is 0 Å². The molecule has 0 bridgehead atoms. The highest BCUT2D eigenvalue weighted by Crippen LogP contribution is 2.45. The van der Waals surface area contributed by atoms with Crippen LogP contribution in [-0.2, 0) is 6.42 Å². The van der Waals surface area contributed by atoms with Crippen LogP contribution < -0.4 is 14.2 Å². The van der Waals surface area contributed by atoms with Crippen molar-refractivity contribution < 1.29 is 19.0 Å². The highest BCUT2D eigenvalue weighted by Gasteiger charge is 2.33. The van der Waals surface area contributed by atoms with Gasteiger partial charge in [-0.05, 0) is 6.92 Å². The van der Waals surface area contributed by atoms with Gasteiger partial charge >= 0.3 is 0 Å². The van der Waals surface area contributed by atoms with Gasteiger partial charge in [0.2, 0.25) is 0 Å². The summed E-state index contributed by atoms with van der Waals surface area (Å²) in [6, 6.07) is 1.79. The van der Waals surface area contributed by atoms with Gasteiger partial charge in [-0.2, -0.15) is 0 Å². The summed E-state index contributed by atoms with van der Waals surface area (Å²) < 4.78 is 16.6. The van der Waals surface area contributed by atoms with Crippen LogP contribution in [0, 0.1) is 0 Å². The minimum Gasteiger partial charge on any atom is -0.496 e. The zero-order chi connectivity index (χ0) is 12.0. The summed E-state index contributed by atoms with van der Waals surface area (Å²) in [5, 5.41) is 0. The third-order valence-electron chi connectivity index (χ3n) is 3.21. The highest BCUT2D eigenvalue weighted by molar-refractivity contribution is 6.03. The van der Waals surface area contributed by atoms with Gasteiger partial charge in [0.1, 0.15) is 28.9 Å². The molecular formula is C13H14O4. The fraction of sp³-hybridized carbons (Fsp3) is 0.462. The monoisotopic (exact) mass is 234 g/mol. The summed E-state index contributed by atoms with van der Waals surface area (Å²) in [6.45, 7) is 2.55. The molecule has 90 valence electrons. The summed E-state index contributed by atoms with van der Waals surface area (Å²) in [6.07, 6.45) is 1.12. The maximum atomic E-state index is 12.1. The molecule has 0 radical (unpaired) electrons. The van der Waals surface area contributed by atoms with Gasteiger partial charge in [-0.1, -0.05) is 0 Å². The van der Waals surface area contributed by atoms with E-state index < -0.39 is 0 Å². The van der Waals surface area contributed by atoms with Gasteiger partial charge in [0, 0.05) is 24.5 Å². The number of hydrogen-bond acceptors (Lipinski definition) is 4. The Kier molecular flexibility index (Phi) is 2.24. The molecule has 1 unspecified atom stereocenters. The summed E-state index contributed by atoms with van der Waals surface area (Å²) in [5.41, 5.74) is 1.58. The molecule has 2 aliphatic heterocycles. The van der Waals surface area contributed by atoms with Crippen molar-refractivity contribution in [3.8, 4) is 17.2 Å². The lowest BCUT2D eigenvalue weighted by atomic mass is 9.96. The molecule has 0 aromatic heterocycles. The fourth-order valence-electron chi connectivity index (χ4n) is 2.44. The second-order valence-corrected chi connectivity index (χ2v) is 4.41. The van der Waals surface area contributed by atoms with Crippen LogP contribution in [0.4, 0.5) is 0 Å². The van der Waals surface area contributed by atoms with Crippen molar-refractivity contribution in [1.82, 2.24) is 0 Å². The number of fused-ring (bicyclic) bond motifs is 3. The molecule has 3 rings (SSSR count). The first kappa shape index (κ1) is 10.4. The standard InChI is InChI=1S/C13H14O4/c1-7-5-9(14)12-11(15-2)6-10-8(3-4-16-10)13(12)17-7/h6-7H,3-5H2,1-2H3. The van der Waals surface area contributed by atoms with Gasteiger partial charge in [0.05, 0.1) is 13.7 Å². The van der Waals surface area contributed by atoms with E-state index in [1.165, 1.54) is 0 Å². The number of ether oxygens (including phenoxy) is 3. The first-order chi connectivity index (χ1) is 8.20. The average Bonchev–Trinajstić information content (AvgIpc) is 2.75. The SMILES string of the molecule is COc1cc2c(c3c1C(=O)CC(C)O3)CCO2. The van der Waals surface area contributed by atoms with Crippen molar-refractivity contribution in [2.24, 2.45) is 0 Å². The molecule has 0 fully saturated rings. The molecule has 1 atom stereocenters. The molecule has 0 saturated carbocycles. The van der Waals surface area contributed by atoms with Gasteiger partial charge in [0.25, 0.3) is 0 Å². The lowest BCUT2D eigenvalue weighted by Crippen LogP contribution is -2.25. The Morgan fingerprint density at radius 1 is 1.47 bits per heavy atom. The molecular weight excluding hydrogens is 220 g/mol. The van der Waals surface area contributed by atoms with Crippen molar-refractivity contribution >= 4 is 5.78 Å². The van der Waals surface area contributed by atoms with Gasteiger partial charge < -0.3 is 14.2 Å².